The van der Waals surface area contributed by atoms with Crippen molar-refractivity contribution in [2.75, 3.05) is 18.4 Å². The van der Waals surface area contributed by atoms with E-state index in [1.165, 1.54) is 6.07 Å². The zero-order valence-corrected chi connectivity index (χ0v) is 14.2. The Kier molecular flexibility index (Phi) is 4.49. The Morgan fingerprint density at radius 2 is 2.04 bits per heavy atom. The molecule has 0 spiro atoms. The maximum atomic E-state index is 12.1. The smallest absolute Gasteiger partial charge is 0.322 e. The molecule has 3 rings (SSSR count). The lowest BCUT2D eigenvalue weighted by Gasteiger charge is -2.38. The molecule has 0 bridgehead atoms. The number of ether oxygens (including phenoxy) is 1. The molecule has 0 saturated carbocycles. The highest BCUT2D eigenvalue weighted by atomic mass is 35.5. The molecule has 1 N–H and O–H groups in total. The summed E-state index contributed by atoms with van der Waals surface area (Å²) in [6.45, 7) is 2.79. The van der Waals surface area contributed by atoms with Crippen molar-refractivity contribution in [1.82, 2.24) is 9.47 Å². The van der Waals surface area contributed by atoms with Crippen LogP contribution in [0.3, 0.4) is 0 Å². The number of likely N-dealkylation sites (tertiary alicyclic amines) is 1. The number of hydrogen-bond donors (Lipinski definition) is 1. The normalized spacial score (nSPS) is 14.2. The molecule has 2 aromatic rings. The molecule has 2 heterocycles. The Hall–Kier alpha value is -2.47. The molecule has 6 nitrogen and oxygen atoms in total. The number of benzene rings is 1. The predicted molar refractivity (Wildman–Crippen MR) is 92.9 cm³/mol. The number of nitrogens with zero attached hydrogens (tertiary/aromatic N) is 2. The second kappa shape index (κ2) is 6.57. The molecular formula is C17H18ClN3O3. The van der Waals surface area contributed by atoms with Crippen LogP contribution in [0.4, 0.5) is 10.5 Å². The molecule has 2 amide bonds. The van der Waals surface area contributed by atoms with Gasteiger partial charge in [0, 0.05) is 29.5 Å². The van der Waals surface area contributed by atoms with Crippen LogP contribution in [0.15, 0.2) is 41.2 Å². The number of aromatic nitrogens is 1. The van der Waals surface area contributed by atoms with Gasteiger partial charge in [0.25, 0.3) is 5.56 Å². The average molecular weight is 348 g/mol. The number of amides is 2. The Morgan fingerprint density at radius 3 is 2.71 bits per heavy atom. The summed E-state index contributed by atoms with van der Waals surface area (Å²) in [5.74, 6) is 0.537. The van der Waals surface area contributed by atoms with E-state index >= 15 is 0 Å². The standard InChI is InChI=1S/C17H18ClN3O3/c1-11-6-14(8-16(22)20(11)2)24-15-9-21(10-15)17(23)19-13-5-3-4-12(18)7-13/h3-8,15H,9-10H2,1-2H3,(H,19,23). The van der Waals surface area contributed by atoms with Crippen molar-refractivity contribution in [2.24, 2.45) is 7.05 Å². The third-order valence-corrected chi connectivity index (χ3v) is 4.23. The number of aryl methyl sites for hydroxylation is 1. The second-order valence-corrected chi connectivity index (χ2v) is 6.25. The van der Waals surface area contributed by atoms with Gasteiger partial charge in [-0.2, -0.15) is 0 Å². The Bertz CT molecular complexity index is 828. The number of rotatable bonds is 3. The fourth-order valence-electron chi connectivity index (χ4n) is 2.44. The number of urea groups is 1. The largest absolute Gasteiger partial charge is 0.486 e. The van der Waals surface area contributed by atoms with E-state index in [-0.39, 0.29) is 17.7 Å². The number of nitrogens with one attached hydrogen (secondary N) is 1. The monoisotopic (exact) mass is 347 g/mol. The van der Waals surface area contributed by atoms with Crippen LogP contribution < -0.4 is 15.6 Å². The van der Waals surface area contributed by atoms with E-state index in [1.54, 1.807) is 40.8 Å². The summed E-state index contributed by atoms with van der Waals surface area (Å²) >= 11 is 5.89. The predicted octanol–water partition coefficient (Wildman–Crippen LogP) is 2.64. The zero-order valence-electron chi connectivity index (χ0n) is 13.5. The molecule has 1 saturated heterocycles. The number of carbonyl (C=O) groups excluding carboxylic acids is 1. The van der Waals surface area contributed by atoms with Crippen molar-refractivity contribution < 1.29 is 9.53 Å². The van der Waals surface area contributed by atoms with Gasteiger partial charge in [-0.3, -0.25) is 4.79 Å². The lowest BCUT2D eigenvalue weighted by atomic mass is 10.2. The number of carbonyl (C=O) groups is 1. The van der Waals surface area contributed by atoms with E-state index in [1.807, 2.05) is 13.0 Å². The number of hydrogen-bond acceptors (Lipinski definition) is 3. The molecule has 1 aromatic carbocycles. The number of anilines is 1. The van der Waals surface area contributed by atoms with Crippen LogP contribution >= 0.6 is 11.6 Å². The van der Waals surface area contributed by atoms with Gasteiger partial charge >= 0.3 is 6.03 Å². The number of halogens is 1. The van der Waals surface area contributed by atoms with Crippen molar-refractivity contribution in [3.05, 3.63) is 57.5 Å². The van der Waals surface area contributed by atoms with E-state index in [0.29, 0.717) is 29.5 Å². The highest BCUT2D eigenvalue weighted by Gasteiger charge is 2.32. The van der Waals surface area contributed by atoms with Crippen molar-refractivity contribution in [2.45, 2.75) is 13.0 Å². The molecule has 1 fully saturated rings. The summed E-state index contributed by atoms with van der Waals surface area (Å²) in [6.07, 6.45) is -0.110. The van der Waals surface area contributed by atoms with Crippen LogP contribution in [0.2, 0.25) is 5.02 Å². The Morgan fingerprint density at radius 1 is 1.29 bits per heavy atom. The first-order valence-corrected chi connectivity index (χ1v) is 7.96. The third-order valence-electron chi connectivity index (χ3n) is 3.99. The van der Waals surface area contributed by atoms with Crippen molar-refractivity contribution in [3.8, 4) is 5.75 Å². The first-order chi connectivity index (χ1) is 11.4. The van der Waals surface area contributed by atoms with Gasteiger partial charge in [0.1, 0.15) is 11.9 Å². The summed E-state index contributed by atoms with van der Waals surface area (Å²) in [7, 11) is 1.71. The third kappa shape index (κ3) is 3.54. The molecule has 7 heteroatoms. The molecule has 1 aliphatic rings. The molecule has 0 atom stereocenters. The minimum atomic E-state index is -0.197. The fraction of sp³-hybridized carbons (Fsp3) is 0.294. The minimum Gasteiger partial charge on any atom is -0.486 e. The molecule has 1 aromatic heterocycles. The summed E-state index contributed by atoms with van der Waals surface area (Å²) in [4.78, 5) is 25.5. The summed E-state index contributed by atoms with van der Waals surface area (Å²) in [5.41, 5.74) is 1.37. The van der Waals surface area contributed by atoms with Gasteiger partial charge in [-0.1, -0.05) is 17.7 Å². The van der Waals surface area contributed by atoms with Crippen LogP contribution in [-0.2, 0) is 7.05 Å². The van der Waals surface area contributed by atoms with Gasteiger partial charge in [-0.05, 0) is 31.2 Å². The van der Waals surface area contributed by atoms with E-state index in [4.69, 9.17) is 16.3 Å². The van der Waals surface area contributed by atoms with Crippen LogP contribution in [-0.4, -0.2) is 34.7 Å². The van der Waals surface area contributed by atoms with Crippen molar-refractivity contribution in [3.63, 3.8) is 0 Å². The van der Waals surface area contributed by atoms with Crippen molar-refractivity contribution >= 4 is 23.3 Å². The van der Waals surface area contributed by atoms with Crippen molar-refractivity contribution in [1.29, 1.82) is 0 Å². The Labute approximate surface area is 144 Å². The van der Waals surface area contributed by atoms with Crippen LogP contribution in [0.5, 0.6) is 5.75 Å². The Balaban J connectivity index is 1.54. The lowest BCUT2D eigenvalue weighted by Crippen LogP contribution is -2.57. The van der Waals surface area contributed by atoms with Gasteiger partial charge in [-0.15, -0.1) is 0 Å². The SMILES string of the molecule is Cc1cc(OC2CN(C(=O)Nc3cccc(Cl)c3)C2)cc(=O)n1C. The number of pyridine rings is 1. The lowest BCUT2D eigenvalue weighted by molar-refractivity contribution is 0.0490. The van der Waals surface area contributed by atoms with Crippen LogP contribution in [0.25, 0.3) is 0 Å². The van der Waals surface area contributed by atoms with E-state index in [0.717, 1.165) is 5.69 Å². The molecule has 0 radical (unpaired) electrons. The highest BCUT2D eigenvalue weighted by Crippen LogP contribution is 2.20. The maximum absolute atomic E-state index is 12.1. The maximum Gasteiger partial charge on any atom is 0.322 e. The fourth-order valence-corrected chi connectivity index (χ4v) is 2.63. The first kappa shape index (κ1) is 16.4. The minimum absolute atomic E-state index is 0.110. The van der Waals surface area contributed by atoms with E-state index in [2.05, 4.69) is 5.32 Å². The van der Waals surface area contributed by atoms with E-state index in [9.17, 15) is 9.59 Å². The van der Waals surface area contributed by atoms with Gasteiger partial charge < -0.3 is 19.5 Å². The topological polar surface area (TPSA) is 63.6 Å². The van der Waals surface area contributed by atoms with Crippen LogP contribution in [0, 0.1) is 6.92 Å². The average Bonchev–Trinajstić information content (AvgIpc) is 2.47. The van der Waals surface area contributed by atoms with Gasteiger partial charge in [0.2, 0.25) is 0 Å². The van der Waals surface area contributed by atoms with E-state index < -0.39 is 0 Å². The van der Waals surface area contributed by atoms with Crippen LogP contribution in [0.1, 0.15) is 5.69 Å². The van der Waals surface area contributed by atoms with Gasteiger partial charge in [-0.25, -0.2) is 4.79 Å². The quantitative estimate of drug-likeness (QED) is 0.928. The zero-order chi connectivity index (χ0) is 17.3. The molecule has 1 aliphatic heterocycles. The first-order valence-electron chi connectivity index (χ1n) is 7.58. The summed E-state index contributed by atoms with van der Waals surface area (Å²) in [5, 5.41) is 3.36. The summed E-state index contributed by atoms with van der Waals surface area (Å²) < 4.78 is 7.31. The summed E-state index contributed by atoms with van der Waals surface area (Å²) in [6, 6.07) is 10.1. The molecule has 0 unspecified atom stereocenters. The molecular weight excluding hydrogens is 330 g/mol. The van der Waals surface area contributed by atoms with Gasteiger partial charge in [0.15, 0.2) is 0 Å². The second-order valence-electron chi connectivity index (χ2n) is 5.82. The van der Waals surface area contributed by atoms with Gasteiger partial charge in [0.05, 0.1) is 13.1 Å². The molecule has 0 aliphatic carbocycles. The molecule has 24 heavy (non-hydrogen) atoms. The molecule has 126 valence electrons. The highest BCUT2D eigenvalue weighted by molar-refractivity contribution is 6.30.